The van der Waals surface area contributed by atoms with Crippen LogP contribution >= 0.6 is 0 Å². The second kappa shape index (κ2) is 4.94. The van der Waals surface area contributed by atoms with Crippen molar-refractivity contribution >= 4 is 11.6 Å². The van der Waals surface area contributed by atoms with Crippen LogP contribution in [0.15, 0.2) is 18.2 Å². The van der Waals surface area contributed by atoms with Crippen molar-refractivity contribution in [3.8, 4) is 0 Å². The maximum absolute atomic E-state index is 13.7. The first kappa shape index (κ1) is 12.8. The van der Waals surface area contributed by atoms with Crippen molar-refractivity contribution < 1.29 is 9.18 Å². The van der Waals surface area contributed by atoms with Gasteiger partial charge in [0.1, 0.15) is 5.82 Å². The van der Waals surface area contributed by atoms with E-state index in [1.807, 2.05) is 11.8 Å². The van der Waals surface area contributed by atoms with Crippen molar-refractivity contribution in [2.24, 2.45) is 17.4 Å². The first-order chi connectivity index (χ1) is 8.50. The van der Waals surface area contributed by atoms with Gasteiger partial charge in [0.15, 0.2) is 0 Å². The molecular formula is C13H18FN3O. The van der Waals surface area contributed by atoms with E-state index in [1.165, 1.54) is 6.07 Å². The summed E-state index contributed by atoms with van der Waals surface area (Å²) in [6.07, 6.45) is 0.951. The van der Waals surface area contributed by atoms with Crippen LogP contribution in [-0.2, 0) is 0 Å². The smallest absolute Gasteiger partial charge is 0.253 e. The van der Waals surface area contributed by atoms with Gasteiger partial charge < -0.3 is 16.4 Å². The number of halogens is 1. The Labute approximate surface area is 106 Å². The zero-order valence-electron chi connectivity index (χ0n) is 10.4. The lowest BCUT2D eigenvalue weighted by Crippen LogP contribution is -2.30. The summed E-state index contributed by atoms with van der Waals surface area (Å²) >= 11 is 0. The Kier molecular flexibility index (Phi) is 3.52. The van der Waals surface area contributed by atoms with Crippen molar-refractivity contribution in [1.82, 2.24) is 0 Å². The number of carbonyl (C=O) groups is 1. The SMILES string of the molecule is CC(N)C1CCN(c2cccc(F)c2C(N)=O)C1. The average molecular weight is 251 g/mol. The number of amides is 1. The molecule has 0 aromatic heterocycles. The number of hydrogen-bond donors (Lipinski definition) is 2. The van der Waals surface area contributed by atoms with Crippen LogP contribution in [0, 0.1) is 11.7 Å². The van der Waals surface area contributed by atoms with Crippen LogP contribution in [0.2, 0.25) is 0 Å². The second-order valence-electron chi connectivity index (χ2n) is 4.85. The molecule has 0 bridgehead atoms. The molecule has 0 aliphatic carbocycles. The Morgan fingerprint density at radius 1 is 1.56 bits per heavy atom. The average Bonchev–Trinajstić information content (AvgIpc) is 2.77. The first-order valence-electron chi connectivity index (χ1n) is 6.09. The van der Waals surface area contributed by atoms with Crippen LogP contribution in [0.3, 0.4) is 0 Å². The van der Waals surface area contributed by atoms with Crippen molar-refractivity contribution in [3.63, 3.8) is 0 Å². The van der Waals surface area contributed by atoms with Crippen molar-refractivity contribution in [1.29, 1.82) is 0 Å². The molecule has 1 aromatic carbocycles. The van der Waals surface area contributed by atoms with E-state index in [2.05, 4.69) is 0 Å². The zero-order chi connectivity index (χ0) is 13.3. The molecule has 5 heteroatoms. The molecule has 0 saturated carbocycles. The van der Waals surface area contributed by atoms with E-state index in [0.717, 1.165) is 19.5 Å². The Morgan fingerprint density at radius 2 is 2.28 bits per heavy atom. The van der Waals surface area contributed by atoms with Gasteiger partial charge in [-0.25, -0.2) is 4.39 Å². The number of carbonyl (C=O) groups excluding carboxylic acids is 1. The summed E-state index contributed by atoms with van der Waals surface area (Å²) in [5, 5.41) is 0. The van der Waals surface area contributed by atoms with Gasteiger partial charge in [-0.3, -0.25) is 4.79 Å². The highest BCUT2D eigenvalue weighted by Crippen LogP contribution is 2.29. The molecule has 98 valence electrons. The van der Waals surface area contributed by atoms with Crippen LogP contribution in [-0.4, -0.2) is 25.0 Å². The molecule has 2 rings (SSSR count). The molecule has 2 unspecified atom stereocenters. The fraction of sp³-hybridized carbons (Fsp3) is 0.462. The molecule has 0 radical (unpaired) electrons. The maximum Gasteiger partial charge on any atom is 0.253 e. The summed E-state index contributed by atoms with van der Waals surface area (Å²) in [7, 11) is 0. The van der Waals surface area contributed by atoms with Gasteiger partial charge in [-0.05, 0) is 31.4 Å². The summed E-state index contributed by atoms with van der Waals surface area (Å²) in [6, 6.07) is 4.67. The topological polar surface area (TPSA) is 72.3 Å². The highest BCUT2D eigenvalue weighted by Gasteiger charge is 2.28. The van der Waals surface area contributed by atoms with E-state index in [4.69, 9.17) is 11.5 Å². The predicted molar refractivity (Wildman–Crippen MR) is 68.9 cm³/mol. The largest absolute Gasteiger partial charge is 0.370 e. The maximum atomic E-state index is 13.7. The van der Waals surface area contributed by atoms with Crippen LogP contribution in [0.1, 0.15) is 23.7 Å². The molecule has 1 aliphatic rings. The molecule has 0 spiro atoms. The van der Waals surface area contributed by atoms with Gasteiger partial charge in [-0.1, -0.05) is 6.07 Å². The minimum absolute atomic E-state index is 0.0252. The van der Waals surface area contributed by atoms with Crippen LogP contribution in [0.4, 0.5) is 10.1 Å². The lowest BCUT2D eigenvalue weighted by atomic mass is 10.0. The van der Waals surface area contributed by atoms with Gasteiger partial charge in [-0.2, -0.15) is 0 Å². The Morgan fingerprint density at radius 3 is 2.83 bits per heavy atom. The molecule has 1 fully saturated rings. The summed E-state index contributed by atoms with van der Waals surface area (Å²) in [6.45, 7) is 3.48. The molecule has 18 heavy (non-hydrogen) atoms. The number of nitrogens with two attached hydrogens (primary N) is 2. The number of anilines is 1. The van der Waals surface area contributed by atoms with E-state index in [-0.39, 0.29) is 11.6 Å². The van der Waals surface area contributed by atoms with Crippen LogP contribution in [0.5, 0.6) is 0 Å². The molecule has 1 amide bonds. The van der Waals surface area contributed by atoms with Crippen LogP contribution in [0.25, 0.3) is 0 Å². The van der Waals surface area contributed by atoms with Gasteiger partial charge in [0, 0.05) is 19.1 Å². The Bertz CT molecular complexity index is 462. The number of benzene rings is 1. The summed E-state index contributed by atoms with van der Waals surface area (Å²) in [5.74, 6) is -0.925. The monoisotopic (exact) mass is 251 g/mol. The fourth-order valence-corrected chi connectivity index (χ4v) is 2.46. The fourth-order valence-electron chi connectivity index (χ4n) is 2.46. The predicted octanol–water partition coefficient (Wildman–Crippen LogP) is 1.10. The molecule has 2 atom stereocenters. The van der Waals surface area contributed by atoms with E-state index in [1.54, 1.807) is 12.1 Å². The zero-order valence-corrected chi connectivity index (χ0v) is 10.4. The molecular weight excluding hydrogens is 233 g/mol. The normalized spacial score (nSPS) is 21.1. The van der Waals surface area contributed by atoms with E-state index in [0.29, 0.717) is 11.6 Å². The molecule has 1 aliphatic heterocycles. The minimum atomic E-state index is -0.729. The first-order valence-corrected chi connectivity index (χ1v) is 6.09. The third-order valence-corrected chi connectivity index (χ3v) is 3.55. The number of nitrogens with zero attached hydrogens (tertiary/aromatic N) is 1. The third-order valence-electron chi connectivity index (χ3n) is 3.55. The van der Waals surface area contributed by atoms with E-state index >= 15 is 0 Å². The Hall–Kier alpha value is -1.62. The highest BCUT2D eigenvalue weighted by atomic mass is 19.1. The number of hydrogen-bond acceptors (Lipinski definition) is 3. The van der Waals surface area contributed by atoms with Gasteiger partial charge in [0.25, 0.3) is 5.91 Å². The summed E-state index contributed by atoms with van der Waals surface area (Å²) in [5.41, 5.74) is 11.7. The number of primary amides is 1. The van der Waals surface area contributed by atoms with Gasteiger partial charge >= 0.3 is 0 Å². The van der Waals surface area contributed by atoms with E-state index < -0.39 is 11.7 Å². The second-order valence-corrected chi connectivity index (χ2v) is 4.85. The third kappa shape index (κ3) is 2.31. The molecule has 4 nitrogen and oxygen atoms in total. The highest BCUT2D eigenvalue weighted by molar-refractivity contribution is 5.99. The quantitative estimate of drug-likeness (QED) is 0.845. The van der Waals surface area contributed by atoms with Crippen molar-refractivity contribution in [2.45, 2.75) is 19.4 Å². The standard InChI is InChI=1S/C13H18FN3O/c1-8(15)9-5-6-17(7-9)11-4-2-3-10(14)12(11)13(16)18/h2-4,8-9H,5-7,15H2,1H3,(H2,16,18). The van der Waals surface area contributed by atoms with Gasteiger partial charge in [0.2, 0.25) is 0 Å². The Balaban J connectivity index is 2.30. The minimum Gasteiger partial charge on any atom is -0.370 e. The lowest BCUT2D eigenvalue weighted by molar-refractivity contribution is 0.0997. The molecule has 1 aromatic rings. The molecule has 1 heterocycles. The van der Waals surface area contributed by atoms with Crippen molar-refractivity contribution in [3.05, 3.63) is 29.6 Å². The molecule has 4 N–H and O–H groups in total. The van der Waals surface area contributed by atoms with E-state index in [9.17, 15) is 9.18 Å². The summed E-state index contributed by atoms with van der Waals surface area (Å²) < 4.78 is 13.7. The number of rotatable bonds is 3. The van der Waals surface area contributed by atoms with Crippen LogP contribution < -0.4 is 16.4 Å². The van der Waals surface area contributed by atoms with Gasteiger partial charge in [0.05, 0.1) is 11.3 Å². The summed E-state index contributed by atoms with van der Waals surface area (Å²) in [4.78, 5) is 13.3. The molecule has 1 saturated heterocycles. The lowest BCUT2D eigenvalue weighted by Gasteiger charge is -2.22. The van der Waals surface area contributed by atoms with Crippen molar-refractivity contribution in [2.75, 3.05) is 18.0 Å². The van der Waals surface area contributed by atoms with Gasteiger partial charge in [-0.15, -0.1) is 0 Å².